The van der Waals surface area contributed by atoms with E-state index in [1.807, 2.05) is 31.2 Å². The molecule has 0 spiro atoms. The topological polar surface area (TPSA) is 82.0 Å². The van der Waals surface area contributed by atoms with Gasteiger partial charge in [0.05, 0.1) is 0 Å². The van der Waals surface area contributed by atoms with E-state index >= 15 is 0 Å². The predicted octanol–water partition coefficient (Wildman–Crippen LogP) is 2.81. The Balaban J connectivity index is 1.93. The van der Waals surface area contributed by atoms with Crippen molar-refractivity contribution in [2.75, 3.05) is 0 Å². The van der Waals surface area contributed by atoms with Crippen molar-refractivity contribution < 1.29 is 9.21 Å². The van der Waals surface area contributed by atoms with Crippen LogP contribution in [0.4, 0.5) is 0 Å². The second kappa shape index (κ2) is 5.20. The number of carbonyl (C=O) groups excluding carboxylic acids is 1. The maximum absolute atomic E-state index is 11.0. The molecular weight excluding hydrogens is 266 g/mol. The summed E-state index contributed by atoms with van der Waals surface area (Å²) < 4.78 is 5.67. The molecule has 2 aromatic carbocycles. The highest BCUT2D eigenvalue weighted by Gasteiger charge is 2.11. The molecule has 0 atom stereocenters. The van der Waals surface area contributed by atoms with Gasteiger partial charge in [-0.3, -0.25) is 4.79 Å². The molecule has 3 rings (SSSR count). The predicted molar refractivity (Wildman–Crippen MR) is 78.4 cm³/mol. The number of carbonyl (C=O) groups is 1. The van der Waals surface area contributed by atoms with E-state index in [0.717, 1.165) is 16.7 Å². The van der Waals surface area contributed by atoms with Crippen molar-refractivity contribution in [3.63, 3.8) is 0 Å². The van der Waals surface area contributed by atoms with E-state index in [2.05, 4.69) is 10.2 Å². The number of nitrogens with two attached hydrogens (primary N) is 1. The molecule has 0 aliphatic heterocycles. The first-order valence-corrected chi connectivity index (χ1v) is 6.44. The number of benzene rings is 2. The number of nitrogens with zero attached hydrogens (tertiary/aromatic N) is 2. The molecule has 21 heavy (non-hydrogen) atoms. The van der Waals surface area contributed by atoms with Gasteiger partial charge in [0.1, 0.15) is 0 Å². The Morgan fingerprint density at radius 2 is 1.67 bits per heavy atom. The largest absolute Gasteiger partial charge is 0.416 e. The summed E-state index contributed by atoms with van der Waals surface area (Å²) in [7, 11) is 0. The normalized spacial score (nSPS) is 10.5. The summed E-state index contributed by atoms with van der Waals surface area (Å²) in [6.07, 6.45) is 0. The molecule has 0 bridgehead atoms. The lowest BCUT2D eigenvalue weighted by Crippen LogP contribution is -2.10. The van der Waals surface area contributed by atoms with Gasteiger partial charge in [0.25, 0.3) is 0 Å². The highest BCUT2D eigenvalue weighted by Crippen LogP contribution is 2.24. The molecule has 0 radical (unpaired) electrons. The molecule has 1 heterocycles. The summed E-state index contributed by atoms with van der Waals surface area (Å²) >= 11 is 0. The van der Waals surface area contributed by atoms with Crippen molar-refractivity contribution in [3.05, 3.63) is 59.7 Å². The lowest BCUT2D eigenvalue weighted by Gasteiger charge is -1.98. The fourth-order valence-electron chi connectivity index (χ4n) is 2.01. The van der Waals surface area contributed by atoms with E-state index in [4.69, 9.17) is 10.2 Å². The van der Waals surface area contributed by atoms with Gasteiger partial charge in [-0.2, -0.15) is 0 Å². The van der Waals surface area contributed by atoms with Gasteiger partial charge in [-0.15, -0.1) is 10.2 Å². The first kappa shape index (κ1) is 13.1. The van der Waals surface area contributed by atoms with E-state index in [9.17, 15) is 4.79 Å². The molecule has 0 aliphatic carbocycles. The minimum absolute atomic E-state index is 0.405. The summed E-state index contributed by atoms with van der Waals surface area (Å²) in [6, 6.07) is 14.6. The third kappa shape index (κ3) is 2.67. The Kier molecular flexibility index (Phi) is 3.23. The van der Waals surface area contributed by atoms with Gasteiger partial charge in [-0.05, 0) is 43.3 Å². The average Bonchev–Trinajstić information content (AvgIpc) is 2.97. The molecule has 0 aliphatic rings. The van der Waals surface area contributed by atoms with Crippen molar-refractivity contribution in [2.45, 2.75) is 6.92 Å². The maximum Gasteiger partial charge on any atom is 0.248 e. The zero-order chi connectivity index (χ0) is 14.8. The zero-order valence-electron chi connectivity index (χ0n) is 11.4. The smallest absolute Gasteiger partial charge is 0.248 e. The minimum atomic E-state index is -0.465. The highest BCUT2D eigenvalue weighted by molar-refractivity contribution is 5.93. The number of amides is 1. The van der Waals surface area contributed by atoms with E-state index in [1.165, 1.54) is 0 Å². The molecule has 1 amide bonds. The summed E-state index contributed by atoms with van der Waals surface area (Å²) in [5, 5.41) is 8.09. The molecule has 0 fully saturated rings. The van der Waals surface area contributed by atoms with E-state index < -0.39 is 5.91 Å². The number of aryl methyl sites for hydroxylation is 1. The molecular formula is C16H13N3O2. The maximum atomic E-state index is 11.0. The summed E-state index contributed by atoms with van der Waals surface area (Å²) in [6.45, 7) is 2.00. The second-order valence-electron chi connectivity index (χ2n) is 4.72. The second-order valence-corrected chi connectivity index (χ2v) is 4.72. The summed E-state index contributed by atoms with van der Waals surface area (Å²) in [5.41, 5.74) is 8.39. The molecule has 0 unspecified atom stereocenters. The minimum Gasteiger partial charge on any atom is -0.416 e. The highest BCUT2D eigenvalue weighted by atomic mass is 16.4. The van der Waals surface area contributed by atoms with E-state index in [-0.39, 0.29) is 0 Å². The van der Waals surface area contributed by atoms with E-state index in [1.54, 1.807) is 24.3 Å². The van der Waals surface area contributed by atoms with Gasteiger partial charge < -0.3 is 10.2 Å². The van der Waals surface area contributed by atoms with Crippen LogP contribution >= 0.6 is 0 Å². The van der Waals surface area contributed by atoms with Gasteiger partial charge in [0.2, 0.25) is 17.7 Å². The molecule has 5 heteroatoms. The van der Waals surface area contributed by atoms with Crippen LogP contribution in [-0.2, 0) is 0 Å². The van der Waals surface area contributed by atoms with Crippen LogP contribution in [0.3, 0.4) is 0 Å². The van der Waals surface area contributed by atoms with Gasteiger partial charge in [0, 0.05) is 16.7 Å². The molecule has 1 aromatic heterocycles. The summed E-state index contributed by atoms with van der Waals surface area (Å²) in [5.74, 6) is 0.405. The number of hydrogen-bond donors (Lipinski definition) is 1. The third-order valence-corrected chi connectivity index (χ3v) is 3.11. The fourth-order valence-corrected chi connectivity index (χ4v) is 2.01. The molecule has 5 nitrogen and oxygen atoms in total. The van der Waals surface area contributed by atoms with Crippen LogP contribution < -0.4 is 5.73 Å². The van der Waals surface area contributed by atoms with Gasteiger partial charge in [-0.25, -0.2) is 0 Å². The molecule has 3 aromatic rings. The van der Waals surface area contributed by atoms with Crippen molar-refractivity contribution in [1.82, 2.24) is 10.2 Å². The first-order valence-electron chi connectivity index (χ1n) is 6.44. The third-order valence-electron chi connectivity index (χ3n) is 3.11. The lowest BCUT2D eigenvalue weighted by atomic mass is 10.1. The van der Waals surface area contributed by atoms with Gasteiger partial charge in [-0.1, -0.05) is 17.7 Å². The quantitative estimate of drug-likeness (QED) is 0.799. The van der Waals surface area contributed by atoms with Crippen LogP contribution in [0.1, 0.15) is 15.9 Å². The van der Waals surface area contributed by atoms with Crippen molar-refractivity contribution in [2.24, 2.45) is 5.73 Å². The van der Waals surface area contributed by atoms with Crippen LogP contribution in [0.25, 0.3) is 22.9 Å². The Morgan fingerprint density at radius 1 is 1.00 bits per heavy atom. The van der Waals surface area contributed by atoms with Crippen LogP contribution in [0, 0.1) is 6.92 Å². The first-order chi connectivity index (χ1) is 10.1. The Labute approximate surface area is 121 Å². The van der Waals surface area contributed by atoms with Crippen molar-refractivity contribution in [1.29, 1.82) is 0 Å². The van der Waals surface area contributed by atoms with Crippen molar-refractivity contribution in [3.8, 4) is 22.9 Å². The van der Waals surface area contributed by atoms with Crippen molar-refractivity contribution >= 4 is 5.91 Å². The molecule has 0 saturated heterocycles. The summed E-state index contributed by atoms with van der Waals surface area (Å²) in [4.78, 5) is 11.0. The zero-order valence-corrected chi connectivity index (χ0v) is 11.4. The van der Waals surface area contributed by atoms with Crippen LogP contribution in [0.5, 0.6) is 0 Å². The number of rotatable bonds is 3. The Hall–Kier alpha value is -2.95. The number of hydrogen-bond acceptors (Lipinski definition) is 4. The molecule has 0 saturated carbocycles. The lowest BCUT2D eigenvalue weighted by molar-refractivity contribution is 0.100. The monoisotopic (exact) mass is 279 g/mol. The van der Waals surface area contributed by atoms with Gasteiger partial charge >= 0.3 is 0 Å². The average molecular weight is 279 g/mol. The van der Waals surface area contributed by atoms with Crippen LogP contribution in [0.2, 0.25) is 0 Å². The molecule has 2 N–H and O–H groups in total. The standard InChI is InChI=1S/C16H13N3O2/c1-10-3-2-4-13(9-10)16-19-18-15(21-16)12-7-5-11(6-8-12)14(17)20/h2-9H,1H3,(H2,17,20). The van der Waals surface area contributed by atoms with Crippen LogP contribution in [0.15, 0.2) is 52.9 Å². The Bertz CT molecular complexity index is 791. The van der Waals surface area contributed by atoms with Gasteiger partial charge in [0.15, 0.2) is 0 Å². The number of aromatic nitrogens is 2. The van der Waals surface area contributed by atoms with E-state index in [0.29, 0.717) is 17.3 Å². The fraction of sp³-hybridized carbons (Fsp3) is 0.0625. The Morgan fingerprint density at radius 3 is 2.29 bits per heavy atom. The molecule has 104 valence electrons. The number of primary amides is 1. The SMILES string of the molecule is Cc1cccc(-c2nnc(-c3ccc(C(N)=O)cc3)o2)c1. The van der Waals surface area contributed by atoms with Crippen LogP contribution in [-0.4, -0.2) is 16.1 Å².